The number of benzene rings is 6. The fourth-order valence-electron chi connectivity index (χ4n) is 6.55. The first kappa shape index (κ1) is 25.6. The van der Waals surface area contributed by atoms with Gasteiger partial charge in [0.1, 0.15) is 0 Å². The lowest BCUT2D eigenvalue weighted by Crippen LogP contribution is -2.00. The van der Waals surface area contributed by atoms with Crippen molar-refractivity contribution < 1.29 is 0 Å². The summed E-state index contributed by atoms with van der Waals surface area (Å²) in [6, 6.07) is 48.5. The molecule has 0 aliphatic carbocycles. The molecule has 3 aromatic heterocycles. The van der Waals surface area contributed by atoms with Crippen LogP contribution in [0.3, 0.4) is 0 Å². The van der Waals surface area contributed by atoms with E-state index < -0.39 is 0 Å². The van der Waals surface area contributed by atoms with Crippen LogP contribution in [-0.2, 0) is 6.54 Å². The number of aromatic nitrogens is 3. The molecule has 0 atom stereocenters. The smallest absolute Gasteiger partial charge is 0.160 e. The van der Waals surface area contributed by atoms with Crippen LogP contribution in [0, 0.1) is 11.3 Å². The monoisotopic (exact) mass is 592 g/mol. The van der Waals surface area contributed by atoms with Gasteiger partial charge in [-0.3, -0.25) is 0 Å². The Balaban J connectivity index is 1.15. The Labute approximate surface area is 263 Å². The number of thiophene rings is 1. The van der Waals surface area contributed by atoms with Crippen LogP contribution in [0.15, 0.2) is 133 Å². The molecule has 6 aromatic carbocycles. The summed E-state index contributed by atoms with van der Waals surface area (Å²) in [7, 11) is 0. The van der Waals surface area contributed by atoms with Gasteiger partial charge in [-0.25, -0.2) is 9.97 Å². The summed E-state index contributed by atoms with van der Waals surface area (Å²) in [6.07, 6.45) is 0. The molecule has 0 fully saturated rings. The highest BCUT2D eigenvalue weighted by Gasteiger charge is 2.17. The predicted molar refractivity (Wildman–Crippen MR) is 187 cm³/mol. The summed E-state index contributed by atoms with van der Waals surface area (Å²) >= 11 is 1.88. The Morgan fingerprint density at radius 2 is 1.29 bits per heavy atom. The van der Waals surface area contributed by atoms with Gasteiger partial charge in [-0.1, -0.05) is 103 Å². The Hall–Kier alpha value is -5.83. The third-order valence-electron chi connectivity index (χ3n) is 8.72. The minimum Gasteiger partial charge on any atom is -0.335 e. The lowest BCUT2D eigenvalue weighted by atomic mass is 10.0. The van der Waals surface area contributed by atoms with E-state index >= 15 is 0 Å². The summed E-state index contributed by atoms with van der Waals surface area (Å²) in [5, 5.41) is 15.5. The average molecular weight is 593 g/mol. The van der Waals surface area contributed by atoms with E-state index in [4.69, 9.17) is 9.97 Å². The molecule has 4 nitrogen and oxygen atoms in total. The van der Waals surface area contributed by atoms with E-state index in [1.807, 2.05) is 53.8 Å². The molecule has 0 amide bonds. The van der Waals surface area contributed by atoms with Crippen molar-refractivity contribution in [2.45, 2.75) is 6.54 Å². The molecule has 9 rings (SSSR count). The van der Waals surface area contributed by atoms with Gasteiger partial charge in [0.05, 0.1) is 33.1 Å². The lowest BCUT2D eigenvalue weighted by Gasteiger charge is -2.11. The number of para-hydroxylation sites is 2. The van der Waals surface area contributed by atoms with Crippen LogP contribution in [0.2, 0.25) is 0 Å². The molecule has 5 heteroatoms. The van der Waals surface area contributed by atoms with Crippen molar-refractivity contribution in [2.24, 2.45) is 0 Å². The second kappa shape index (κ2) is 10.1. The third kappa shape index (κ3) is 4.11. The number of hydrogen-bond acceptors (Lipinski definition) is 4. The van der Waals surface area contributed by atoms with E-state index in [9.17, 15) is 5.26 Å². The summed E-state index contributed by atoms with van der Waals surface area (Å²) < 4.78 is 5.13. The summed E-state index contributed by atoms with van der Waals surface area (Å²) in [5.41, 5.74) is 8.07. The van der Waals surface area contributed by atoms with Crippen molar-refractivity contribution in [3.8, 4) is 28.7 Å². The average Bonchev–Trinajstić information content (AvgIpc) is 3.64. The van der Waals surface area contributed by atoms with Gasteiger partial charge in [-0.15, -0.1) is 11.3 Å². The number of nitriles is 1. The van der Waals surface area contributed by atoms with E-state index in [1.54, 1.807) is 0 Å². The molecule has 0 aliphatic rings. The van der Waals surface area contributed by atoms with Crippen molar-refractivity contribution in [2.75, 3.05) is 0 Å². The van der Waals surface area contributed by atoms with E-state index in [2.05, 4.69) is 102 Å². The van der Waals surface area contributed by atoms with Crippen molar-refractivity contribution in [1.82, 2.24) is 14.5 Å². The number of fused-ring (bicyclic) bond motifs is 8. The first-order valence-corrected chi connectivity index (χ1v) is 15.7. The highest BCUT2D eigenvalue weighted by atomic mass is 32.1. The second-order valence-electron chi connectivity index (χ2n) is 11.3. The Bertz CT molecular complexity index is 2620. The first-order chi connectivity index (χ1) is 22.2. The zero-order chi connectivity index (χ0) is 29.9. The molecule has 9 aromatic rings. The first-order valence-electron chi connectivity index (χ1n) is 14.9. The fraction of sp³-hybridized carbons (Fsp3) is 0.0250. The fourth-order valence-corrected chi connectivity index (χ4v) is 7.81. The zero-order valence-electron chi connectivity index (χ0n) is 24.1. The number of nitrogens with zero attached hydrogens (tertiary/aromatic N) is 4. The molecule has 0 aliphatic heterocycles. The lowest BCUT2D eigenvalue weighted by molar-refractivity contribution is 0.872. The SMILES string of the molecule is N#Cc1ccc(-c2nc(-c3ccc(Cn4c5ccccc5c5ccc6c7ccccc7sc6c54)cc3)nc3ccccc23)cc1. The zero-order valence-corrected chi connectivity index (χ0v) is 24.9. The van der Waals surface area contributed by atoms with E-state index in [-0.39, 0.29) is 0 Å². The molecule has 0 N–H and O–H groups in total. The molecule has 0 saturated heterocycles. The van der Waals surface area contributed by atoms with Crippen LogP contribution in [-0.4, -0.2) is 14.5 Å². The van der Waals surface area contributed by atoms with Gasteiger partial charge in [0.2, 0.25) is 0 Å². The van der Waals surface area contributed by atoms with Gasteiger partial charge in [0.15, 0.2) is 5.82 Å². The van der Waals surface area contributed by atoms with E-state index in [0.29, 0.717) is 11.4 Å². The van der Waals surface area contributed by atoms with Crippen LogP contribution in [0.4, 0.5) is 0 Å². The quantitative estimate of drug-likeness (QED) is 0.204. The molecule has 0 radical (unpaired) electrons. The van der Waals surface area contributed by atoms with Crippen LogP contribution in [0.25, 0.3) is 75.5 Å². The molecule has 0 unspecified atom stereocenters. The maximum absolute atomic E-state index is 9.27. The summed E-state index contributed by atoms with van der Waals surface area (Å²) in [4.78, 5) is 9.98. The van der Waals surface area contributed by atoms with Gasteiger partial charge in [0.25, 0.3) is 0 Å². The van der Waals surface area contributed by atoms with Gasteiger partial charge >= 0.3 is 0 Å². The minimum absolute atomic E-state index is 0.629. The number of rotatable bonds is 4. The molecule has 0 spiro atoms. The molecule has 210 valence electrons. The summed E-state index contributed by atoms with van der Waals surface area (Å²) in [5.74, 6) is 0.684. The molecule has 0 saturated carbocycles. The van der Waals surface area contributed by atoms with Crippen LogP contribution < -0.4 is 0 Å². The largest absolute Gasteiger partial charge is 0.335 e. The van der Waals surface area contributed by atoms with Gasteiger partial charge < -0.3 is 4.57 Å². The van der Waals surface area contributed by atoms with Gasteiger partial charge in [0, 0.05) is 54.8 Å². The number of hydrogen-bond donors (Lipinski definition) is 0. The van der Waals surface area contributed by atoms with Gasteiger partial charge in [-0.2, -0.15) is 5.26 Å². The molecular weight excluding hydrogens is 569 g/mol. The van der Waals surface area contributed by atoms with Crippen molar-refractivity contribution >= 4 is 64.2 Å². The molecule has 45 heavy (non-hydrogen) atoms. The van der Waals surface area contributed by atoms with Crippen LogP contribution >= 0.6 is 11.3 Å². The standard InChI is InChI=1S/C40H24N4S/c41-23-25-13-17-27(18-14-25)37-33-9-1-4-10-34(33)42-40(43-37)28-19-15-26(16-20-28)24-44-35-11-5-2-7-29(35)31-21-22-32-30-8-3-6-12-36(30)45-39(32)38(31)44/h1-22H,24H2. The Morgan fingerprint density at radius 1 is 0.600 bits per heavy atom. The van der Waals surface area contributed by atoms with Crippen LogP contribution in [0.1, 0.15) is 11.1 Å². The molecule has 0 bridgehead atoms. The van der Waals surface area contributed by atoms with E-state index in [1.165, 1.54) is 47.5 Å². The molecular formula is C40H24N4S. The topological polar surface area (TPSA) is 54.5 Å². The second-order valence-corrected chi connectivity index (χ2v) is 12.4. The highest BCUT2D eigenvalue weighted by Crippen LogP contribution is 2.42. The maximum atomic E-state index is 9.27. The van der Waals surface area contributed by atoms with E-state index in [0.717, 1.165) is 34.3 Å². The molecule has 3 heterocycles. The summed E-state index contributed by atoms with van der Waals surface area (Å²) in [6.45, 7) is 0.757. The normalized spacial score (nSPS) is 11.6. The van der Waals surface area contributed by atoms with Gasteiger partial charge in [-0.05, 0) is 35.9 Å². The Kier molecular flexibility index (Phi) is 5.77. The van der Waals surface area contributed by atoms with Crippen molar-refractivity contribution in [3.05, 3.63) is 145 Å². The van der Waals surface area contributed by atoms with Crippen molar-refractivity contribution in [1.29, 1.82) is 5.26 Å². The van der Waals surface area contributed by atoms with Crippen molar-refractivity contribution in [3.63, 3.8) is 0 Å². The predicted octanol–water partition coefficient (Wildman–Crippen LogP) is 10.4. The highest BCUT2D eigenvalue weighted by molar-refractivity contribution is 7.26. The maximum Gasteiger partial charge on any atom is 0.160 e. The van der Waals surface area contributed by atoms with Crippen LogP contribution in [0.5, 0.6) is 0 Å². The Morgan fingerprint density at radius 3 is 2.11 bits per heavy atom. The third-order valence-corrected chi connectivity index (χ3v) is 9.91. The minimum atomic E-state index is 0.629.